The van der Waals surface area contributed by atoms with Crippen molar-refractivity contribution in [1.29, 1.82) is 5.26 Å². The lowest BCUT2D eigenvalue weighted by Crippen LogP contribution is -2.35. The van der Waals surface area contributed by atoms with E-state index < -0.39 is 0 Å². The van der Waals surface area contributed by atoms with Crippen molar-refractivity contribution in [3.8, 4) is 6.07 Å². The molecule has 0 aliphatic carbocycles. The number of rotatable bonds is 3. The second kappa shape index (κ2) is 7.46. The highest BCUT2D eigenvalue weighted by Gasteiger charge is 2.26. The van der Waals surface area contributed by atoms with Crippen molar-refractivity contribution < 1.29 is 4.79 Å². The molecular weight excluding hydrogens is 354 g/mol. The van der Waals surface area contributed by atoms with Gasteiger partial charge in [0.05, 0.1) is 5.56 Å². The summed E-state index contributed by atoms with van der Waals surface area (Å²) in [6.45, 7) is 12.6. The zero-order valence-electron chi connectivity index (χ0n) is 16.7. The first kappa shape index (κ1) is 19.6. The van der Waals surface area contributed by atoms with Crippen molar-refractivity contribution in [3.05, 3.63) is 51.4 Å². The number of anilines is 1. The van der Waals surface area contributed by atoms with E-state index in [9.17, 15) is 10.1 Å². The molecule has 0 radical (unpaired) electrons. The Labute approximate surface area is 165 Å². The number of hydrogen-bond acceptors (Lipinski definition) is 4. The number of carbonyl (C=O) groups is 1. The highest BCUT2D eigenvalue weighted by atomic mass is 32.1. The van der Waals surface area contributed by atoms with E-state index >= 15 is 0 Å². The second-order valence-corrected chi connectivity index (χ2v) is 9.52. The molecule has 27 heavy (non-hydrogen) atoms. The van der Waals surface area contributed by atoms with Gasteiger partial charge in [0.2, 0.25) is 0 Å². The van der Waals surface area contributed by atoms with E-state index in [1.807, 2.05) is 24.3 Å². The summed E-state index contributed by atoms with van der Waals surface area (Å²) < 4.78 is 0. The number of benzene rings is 1. The minimum atomic E-state index is -0.161. The van der Waals surface area contributed by atoms with Crippen LogP contribution in [0.15, 0.2) is 24.3 Å². The Bertz CT molecular complexity index is 882. The molecule has 142 valence electrons. The van der Waals surface area contributed by atoms with E-state index in [4.69, 9.17) is 0 Å². The van der Waals surface area contributed by atoms with Gasteiger partial charge in [-0.2, -0.15) is 5.26 Å². The fourth-order valence-corrected chi connectivity index (χ4v) is 4.59. The van der Waals surface area contributed by atoms with Gasteiger partial charge in [0.1, 0.15) is 11.1 Å². The number of thiophene rings is 1. The maximum absolute atomic E-state index is 12.7. The van der Waals surface area contributed by atoms with Crippen LogP contribution in [0.5, 0.6) is 0 Å². The van der Waals surface area contributed by atoms with Crippen LogP contribution in [0.2, 0.25) is 0 Å². The summed E-state index contributed by atoms with van der Waals surface area (Å²) >= 11 is 1.54. The van der Waals surface area contributed by atoms with Gasteiger partial charge in [-0.05, 0) is 48.9 Å². The highest BCUT2D eigenvalue weighted by molar-refractivity contribution is 7.16. The average Bonchev–Trinajstić information content (AvgIpc) is 2.96. The van der Waals surface area contributed by atoms with E-state index in [2.05, 4.69) is 50.9 Å². The number of nitrogens with zero attached hydrogens (tertiary/aromatic N) is 2. The molecule has 1 aromatic carbocycles. The Morgan fingerprint density at radius 2 is 1.93 bits per heavy atom. The summed E-state index contributed by atoms with van der Waals surface area (Å²) in [5.74, 6) is -0.161. The second-order valence-electron chi connectivity index (χ2n) is 8.42. The molecule has 1 aliphatic heterocycles. The van der Waals surface area contributed by atoms with Crippen LogP contribution >= 0.6 is 11.3 Å². The van der Waals surface area contributed by atoms with Gasteiger partial charge in [0, 0.05) is 29.6 Å². The molecule has 2 heterocycles. The lowest BCUT2D eigenvalue weighted by atomic mass is 9.87. The van der Waals surface area contributed by atoms with Gasteiger partial charge in [0.25, 0.3) is 5.91 Å². The minimum absolute atomic E-state index is 0.0537. The minimum Gasteiger partial charge on any atom is -0.312 e. The van der Waals surface area contributed by atoms with Crippen molar-refractivity contribution in [3.63, 3.8) is 0 Å². The van der Waals surface area contributed by atoms with Crippen LogP contribution in [0.1, 0.15) is 66.5 Å². The normalized spacial score (nSPS) is 14.7. The van der Waals surface area contributed by atoms with E-state index in [0.717, 1.165) is 25.1 Å². The summed E-state index contributed by atoms with van der Waals surface area (Å²) in [4.78, 5) is 16.3. The van der Waals surface area contributed by atoms with Gasteiger partial charge >= 0.3 is 0 Å². The molecule has 2 aromatic rings. The monoisotopic (exact) mass is 381 g/mol. The molecule has 0 bridgehead atoms. The third-order valence-electron chi connectivity index (χ3n) is 5.17. The van der Waals surface area contributed by atoms with Crippen LogP contribution in [0.4, 0.5) is 5.00 Å². The Balaban J connectivity index is 1.82. The van der Waals surface area contributed by atoms with Crippen molar-refractivity contribution in [2.24, 2.45) is 0 Å². The first-order valence-electron chi connectivity index (χ1n) is 9.41. The predicted octanol–water partition coefficient (Wildman–Crippen LogP) is 4.94. The lowest BCUT2D eigenvalue weighted by Gasteiger charge is -2.30. The van der Waals surface area contributed by atoms with E-state index in [0.29, 0.717) is 22.2 Å². The van der Waals surface area contributed by atoms with E-state index in [1.54, 1.807) is 11.3 Å². The van der Waals surface area contributed by atoms with Gasteiger partial charge in [0.15, 0.2) is 0 Å². The molecule has 0 fully saturated rings. The third-order valence-corrected chi connectivity index (χ3v) is 6.30. The largest absolute Gasteiger partial charge is 0.312 e. The molecular formula is C22H27N3OS. The molecule has 0 atom stereocenters. The van der Waals surface area contributed by atoms with Crippen molar-refractivity contribution in [2.45, 2.75) is 59.0 Å². The Morgan fingerprint density at radius 1 is 1.26 bits per heavy atom. The van der Waals surface area contributed by atoms with Crippen molar-refractivity contribution in [2.75, 3.05) is 11.9 Å². The quantitative estimate of drug-likeness (QED) is 0.819. The topological polar surface area (TPSA) is 56.1 Å². The van der Waals surface area contributed by atoms with Gasteiger partial charge < -0.3 is 5.32 Å². The standard InChI is InChI=1S/C22H27N3OS/c1-14(2)25-11-10-17-18(12-23)21(27-19(17)13-25)24-20(26)15-6-8-16(9-7-15)22(3,4)5/h6-9,14H,10-11,13H2,1-5H3,(H,24,26). The van der Waals surface area contributed by atoms with Crippen LogP contribution < -0.4 is 5.32 Å². The van der Waals surface area contributed by atoms with Crippen LogP contribution in [0.25, 0.3) is 0 Å². The Morgan fingerprint density at radius 3 is 2.48 bits per heavy atom. The first-order valence-corrected chi connectivity index (χ1v) is 10.2. The molecule has 1 N–H and O–H groups in total. The highest BCUT2D eigenvalue weighted by Crippen LogP contribution is 2.37. The number of hydrogen-bond donors (Lipinski definition) is 1. The molecule has 1 amide bonds. The molecule has 4 nitrogen and oxygen atoms in total. The molecule has 3 rings (SSSR count). The van der Waals surface area contributed by atoms with Gasteiger partial charge in [-0.1, -0.05) is 32.9 Å². The summed E-state index contributed by atoms with van der Waals surface area (Å²) in [5, 5.41) is 13.3. The van der Waals surface area contributed by atoms with Gasteiger partial charge in [-0.3, -0.25) is 9.69 Å². The summed E-state index contributed by atoms with van der Waals surface area (Å²) in [6, 6.07) is 10.5. The third kappa shape index (κ3) is 4.07. The summed E-state index contributed by atoms with van der Waals surface area (Å²) in [6.07, 6.45) is 0.864. The molecule has 5 heteroatoms. The molecule has 0 saturated carbocycles. The van der Waals surface area contributed by atoms with Crippen LogP contribution in [0, 0.1) is 11.3 Å². The van der Waals surface area contributed by atoms with E-state index in [1.165, 1.54) is 10.4 Å². The Hall–Kier alpha value is -2.16. The van der Waals surface area contributed by atoms with Crippen LogP contribution in [0.3, 0.4) is 0 Å². The summed E-state index contributed by atoms with van der Waals surface area (Å²) in [5.41, 5.74) is 3.60. The number of nitrogens with one attached hydrogen (secondary N) is 1. The fraction of sp³-hybridized carbons (Fsp3) is 0.455. The number of amides is 1. The molecule has 0 unspecified atom stereocenters. The van der Waals surface area contributed by atoms with Gasteiger partial charge in [-0.25, -0.2) is 0 Å². The summed E-state index contributed by atoms with van der Waals surface area (Å²) in [7, 11) is 0. The van der Waals surface area contributed by atoms with Crippen molar-refractivity contribution in [1.82, 2.24) is 4.90 Å². The maximum Gasteiger partial charge on any atom is 0.256 e. The lowest BCUT2D eigenvalue weighted by molar-refractivity contribution is 0.102. The van der Waals surface area contributed by atoms with Crippen LogP contribution in [-0.2, 0) is 18.4 Å². The fourth-order valence-electron chi connectivity index (χ4n) is 3.37. The smallest absolute Gasteiger partial charge is 0.256 e. The van der Waals surface area contributed by atoms with Gasteiger partial charge in [-0.15, -0.1) is 11.3 Å². The van der Waals surface area contributed by atoms with Crippen molar-refractivity contribution >= 4 is 22.2 Å². The predicted molar refractivity (Wildman–Crippen MR) is 111 cm³/mol. The number of carbonyl (C=O) groups excluding carboxylic acids is 1. The molecule has 0 spiro atoms. The maximum atomic E-state index is 12.7. The van der Waals surface area contributed by atoms with Crippen LogP contribution in [-0.4, -0.2) is 23.4 Å². The first-order chi connectivity index (χ1) is 12.7. The zero-order valence-corrected chi connectivity index (χ0v) is 17.5. The SMILES string of the molecule is CC(C)N1CCc2c(sc(NC(=O)c3ccc(C(C)(C)C)cc3)c2C#N)C1. The number of nitriles is 1. The molecule has 1 aromatic heterocycles. The average molecular weight is 382 g/mol. The molecule has 0 saturated heterocycles. The van der Waals surface area contributed by atoms with E-state index in [-0.39, 0.29) is 11.3 Å². The number of fused-ring (bicyclic) bond motifs is 1. The Kier molecular flexibility index (Phi) is 5.41. The zero-order chi connectivity index (χ0) is 19.8. The molecule has 1 aliphatic rings.